The Labute approximate surface area is 103 Å². The summed E-state index contributed by atoms with van der Waals surface area (Å²) in [6, 6.07) is 2.32. The van der Waals surface area contributed by atoms with E-state index in [9.17, 15) is 9.90 Å². The van der Waals surface area contributed by atoms with E-state index in [1.54, 1.807) is 4.90 Å². The van der Waals surface area contributed by atoms with Crippen LogP contribution in [-0.2, 0) is 0 Å². The highest BCUT2D eigenvalue weighted by Gasteiger charge is 2.35. The first-order valence-corrected chi connectivity index (χ1v) is 6.25. The highest BCUT2D eigenvalue weighted by molar-refractivity contribution is 5.66. The average molecular weight is 238 g/mol. The molecule has 0 aromatic heterocycles. The molecule has 0 aromatic carbocycles. The fourth-order valence-corrected chi connectivity index (χ4v) is 2.73. The zero-order valence-electron chi connectivity index (χ0n) is 10.9. The summed E-state index contributed by atoms with van der Waals surface area (Å²) in [5.74, 6) is 0.465. The Kier molecular flexibility index (Phi) is 4.39. The summed E-state index contributed by atoms with van der Waals surface area (Å²) >= 11 is 0. The molecule has 0 saturated heterocycles. The molecule has 0 atom stereocenters. The molecule has 0 bridgehead atoms. The van der Waals surface area contributed by atoms with Crippen molar-refractivity contribution in [2.24, 2.45) is 5.92 Å². The number of nitrogens with zero attached hydrogens (tertiary/aromatic N) is 2. The number of rotatable bonds is 2. The van der Waals surface area contributed by atoms with Crippen LogP contribution in [0.4, 0.5) is 4.79 Å². The van der Waals surface area contributed by atoms with Gasteiger partial charge < -0.3 is 10.0 Å². The monoisotopic (exact) mass is 238 g/mol. The predicted molar refractivity (Wildman–Crippen MR) is 65.6 cm³/mol. The zero-order chi connectivity index (χ0) is 13.1. The lowest BCUT2D eigenvalue weighted by atomic mass is 9.82. The largest absolute Gasteiger partial charge is 0.465 e. The van der Waals surface area contributed by atoms with Crippen molar-refractivity contribution in [1.29, 1.82) is 5.26 Å². The van der Waals surface area contributed by atoms with E-state index in [1.165, 1.54) is 0 Å². The second-order valence-corrected chi connectivity index (χ2v) is 5.86. The standard InChI is InChI=1S/C13H22N2O2/c1-13(2,3)15(12(16)17)11-6-4-10(5-7-11)8-9-14/h10-11H,4-8H2,1-3H3,(H,16,17). The zero-order valence-corrected chi connectivity index (χ0v) is 10.9. The van der Waals surface area contributed by atoms with Gasteiger partial charge in [0.25, 0.3) is 0 Å². The summed E-state index contributed by atoms with van der Waals surface area (Å²) in [6.07, 6.45) is 3.48. The Hall–Kier alpha value is -1.24. The molecule has 1 rings (SSSR count). The summed E-state index contributed by atoms with van der Waals surface area (Å²) in [5, 5.41) is 18.0. The van der Waals surface area contributed by atoms with E-state index in [4.69, 9.17) is 5.26 Å². The van der Waals surface area contributed by atoms with Crippen LogP contribution in [-0.4, -0.2) is 27.7 Å². The molecule has 0 heterocycles. The molecule has 1 aliphatic rings. The van der Waals surface area contributed by atoms with Gasteiger partial charge in [-0.1, -0.05) is 0 Å². The van der Waals surface area contributed by atoms with Crippen molar-refractivity contribution in [1.82, 2.24) is 4.90 Å². The Morgan fingerprint density at radius 3 is 2.24 bits per heavy atom. The first-order valence-electron chi connectivity index (χ1n) is 6.25. The number of amides is 1. The fraction of sp³-hybridized carbons (Fsp3) is 0.846. The molecule has 0 aliphatic heterocycles. The molecule has 0 unspecified atom stereocenters. The molecule has 1 saturated carbocycles. The van der Waals surface area contributed by atoms with Crippen molar-refractivity contribution in [2.75, 3.05) is 0 Å². The van der Waals surface area contributed by atoms with Gasteiger partial charge in [-0.05, 0) is 52.4 Å². The lowest BCUT2D eigenvalue weighted by molar-refractivity contribution is 0.0507. The van der Waals surface area contributed by atoms with Gasteiger partial charge in [0.05, 0.1) is 6.07 Å². The van der Waals surface area contributed by atoms with Crippen molar-refractivity contribution < 1.29 is 9.90 Å². The van der Waals surface area contributed by atoms with Crippen LogP contribution < -0.4 is 0 Å². The highest BCUT2D eigenvalue weighted by atomic mass is 16.4. The molecule has 96 valence electrons. The SMILES string of the molecule is CC(C)(C)N(C(=O)O)C1CCC(CC#N)CC1. The summed E-state index contributed by atoms with van der Waals surface area (Å²) in [7, 11) is 0. The molecule has 1 amide bonds. The van der Waals surface area contributed by atoms with Crippen LogP contribution in [0.2, 0.25) is 0 Å². The smallest absolute Gasteiger partial charge is 0.407 e. The van der Waals surface area contributed by atoms with Crippen molar-refractivity contribution in [3.8, 4) is 6.07 Å². The van der Waals surface area contributed by atoms with Gasteiger partial charge in [-0.2, -0.15) is 5.26 Å². The van der Waals surface area contributed by atoms with E-state index >= 15 is 0 Å². The molecule has 1 N–H and O–H groups in total. The molecule has 1 aliphatic carbocycles. The second kappa shape index (κ2) is 5.39. The molecule has 1 fully saturated rings. The predicted octanol–water partition coefficient (Wildman–Crippen LogP) is 3.24. The molecule has 4 heteroatoms. The number of hydrogen-bond donors (Lipinski definition) is 1. The van der Waals surface area contributed by atoms with Crippen LogP contribution in [0.1, 0.15) is 52.9 Å². The van der Waals surface area contributed by atoms with Crippen LogP contribution >= 0.6 is 0 Å². The van der Waals surface area contributed by atoms with Crippen LogP contribution in [0.15, 0.2) is 0 Å². The van der Waals surface area contributed by atoms with Gasteiger partial charge >= 0.3 is 6.09 Å². The number of carboxylic acid groups (broad SMARTS) is 1. The normalized spacial score (nSPS) is 25.1. The molecular formula is C13H22N2O2. The van der Waals surface area contributed by atoms with Gasteiger partial charge in [0.2, 0.25) is 0 Å². The van der Waals surface area contributed by atoms with Gasteiger partial charge in [-0.15, -0.1) is 0 Å². The van der Waals surface area contributed by atoms with Gasteiger partial charge in [0, 0.05) is 18.0 Å². The Morgan fingerprint density at radius 1 is 1.35 bits per heavy atom. The quantitative estimate of drug-likeness (QED) is 0.803. The lowest BCUT2D eigenvalue weighted by Gasteiger charge is -2.42. The molecule has 4 nitrogen and oxygen atoms in total. The summed E-state index contributed by atoms with van der Waals surface area (Å²) < 4.78 is 0. The molecule has 0 aromatic rings. The Balaban J connectivity index is 2.62. The molecule has 0 spiro atoms. The minimum atomic E-state index is -0.832. The maximum absolute atomic E-state index is 11.3. The third-order valence-corrected chi connectivity index (χ3v) is 3.49. The van der Waals surface area contributed by atoms with Crippen LogP contribution in [0.3, 0.4) is 0 Å². The summed E-state index contributed by atoms with van der Waals surface area (Å²) in [4.78, 5) is 12.9. The second-order valence-electron chi connectivity index (χ2n) is 5.86. The third-order valence-electron chi connectivity index (χ3n) is 3.49. The van der Waals surface area contributed by atoms with E-state index in [0.29, 0.717) is 12.3 Å². The number of nitriles is 1. The van der Waals surface area contributed by atoms with Crippen molar-refractivity contribution >= 4 is 6.09 Å². The van der Waals surface area contributed by atoms with Crippen molar-refractivity contribution in [2.45, 2.75) is 64.5 Å². The van der Waals surface area contributed by atoms with E-state index in [-0.39, 0.29) is 11.6 Å². The molecule has 17 heavy (non-hydrogen) atoms. The van der Waals surface area contributed by atoms with E-state index in [2.05, 4.69) is 6.07 Å². The van der Waals surface area contributed by atoms with Gasteiger partial charge in [-0.25, -0.2) is 4.79 Å². The van der Waals surface area contributed by atoms with Gasteiger partial charge in [0.1, 0.15) is 0 Å². The summed E-state index contributed by atoms with van der Waals surface area (Å²) in [6.45, 7) is 5.80. The van der Waals surface area contributed by atoms with E-state index in [0.717, 1.165) is 25.7 Å². The molecule has 0 radical (unpaired) electrons. The van der Waals surface area contributed by atoms with Gasteiger partial charge in [0.15, 0.2) is 0 Å². The summed E-state index contributed by atoms with van der Waals surface area (Å²) in [5.41, 5.74) is -0.349. The third kappa shape index (κ3) is 3.62. The average Bonchev–Trinajstić information content (AvgIpc) is 2.18. The van der Waals surface area contributed by atoms with E-state index in [1.807, 2.05) is 20.8 Å². The number of hydrogen-bond acceptors (Lipinski definition) is 2. The lowest BCUT2D eigenvalue weighted by Crippen LogP contribution is -2.52. The maximum atomic E-state index is 11.3. The van der Waals surface area contributed by atoms with Crippen LogP contribution in [0.25, 0.3) is 0 Å². The first kappa shape index (κ1) is 13.8. The van der Waals surface area contributed by atoms with Crippen molar-refractivity contribution in [3.63, 3.8) is 0 Å². The Morgan fingerprint density at radius 2 is 1.88 bits per heavy atom. The van der Waals surface area contributed by atoms with Crippen LogP contribution in [0.5, 0.6) is 0 Å². The van der Waals surface area contributed by atoms with Gasteiger partial charge in [-0.3, -0.25) is 0 Å². The minimum absolute atomic E-state index is 0.113. The molecular weight excluding hydrogens is 216 g/mol. The Bertz CT molecular complexity index is 306. The first-order chi connectivity index (χ1) is 7.86. The highest BCUT2D eigenvalue weighted by Crippen LogP contribution is 2.32. The minimum Gasteiger partial charge on any atom is -0.465 e. The maximum Gasteiger partial charge on any atom is 0.407 e. The topological polar surface area (TPSA) is 64.3 Å². The van der Waals surface area contributed by atoms with Crippen molar-refractivity contribution in [3.05, 3.63) is 0 Å². The fourth-order valence-electron chi connectivity index (χ4n) is 2.73. The van der Waals surface area contributed by atoms with Crippen LogP contribution in [0, 0.1) is 17.2 Å². The van der Waals surface area contributed by atoms with E-state index < -0.39 is 6.09 Å². The number of carbonyl (C=O) groups is 1.